The number of carbonyl (C=O) groups is 5. The van der Waals surface area contributed by atoms with E-state index < -0.39 is 0 Å². The Hall–Kier alpha value is -1.11. The highest BCUT2D eigenvalue weighted by Gasteiger charge is 2.31. The second-order valence-corrected chi connectivity index (χ2v) is 13.7. The van der Waals surface area contributed by atoms with Gasteiger partial charge in [-0.15, -0.1) is 0 Å². The maximum Gasteiger partial charge on any atom is 0.146 e. The molecule has 1 aliphatic carbocycles. The minimum Gasteiger partial charge on any atom is -0.319 e. The molecule has 0 saturated heterocycles. The predicted molar refractivity (Wildman–Crippen MR) is 167 cm³/mol. The van der Waals surface area contributed by atoms with Crippen LogP contribution in [0.3, 0.4) is 0 Å². The summed E-state index contributed by atoms with van der Waals surface area (Å²) in [5.74, 6) is 2.38. The van der Waals surface area contributed by atoms with Gasteiger partial charge in [-0.25, -0.2) is 0 Å². The first kappa shape index (κ1) is 36.9. The SMILES string of the molecule is CNCCSC1CCC1SCCCC(=O)CN(CCN(CCC(C)=O)CCN(CC(C)=O)CC(C)=O)CC(C)=O. The third-order valence-electron chi connectivity index (χ3n) is 6.75. The van der Waals surface area contributed by atoms with Crippen molar-refractivity contribution in [3.63, 3.8) is 0 Å². The van der Waals surface area contributed by atoms with E-state index in [4.69, 9.17) is 0 Å². The molecule has 0 radical (unpaired) electrons. The van der Waals surface area contributed by atoms with Gasteiger partial charge in [-0.1, -0.05) is 0 Å². The summed E-state index contributed by atoms with van der Waals surface area (Å²) in [6, 6.07) is 0. The van der Waals surface area contributed by atoms with Gasteiger partial charge in [0.05, 0.1) is 26.2 Å². The van der Waals surface area contributed by atoms with Crippen LogP contribution in [0.15, 0.2) is 0 Å². The number of rotatable bonds is 26. The fourth-order valence-electron chi connectivity index (χ4n) is 4.55. The highest BCUT2D eigenvalue weighted by Crippen LogP contribution is 2.40. The van der Waals surface area contributed by atoms with E-state index >= 15 is 0 Å². The predicted octanol–water partition coefficient (Wildman–Crippen LogP) is 2.20. The monoisotopic (exact) mass is 600 g/mol. The molecule has 11 heteroatoms. The van der Waals surface area contributed by atoms with Crippen molar-refractivity contribution >= 4 is 52.4 Å². The van der Waals surface area contributed by atoms with Crippen molar-refractivity contribution in [1.82, 2.24) is 20.0 Å². The lowest BCUT2D eigenvalue weighted by Crippen LogP contribution is -2.44. The lowest BCUT2D eigenvalue weighted by Gasteiger charge is -2.35. The number of Topliss-reactive ketones (excluding diaryl/α,β-unsaturated/α-hetero) is 5. The minimum atomic E-state index is -0.00278. The van der Waals surface area contributed by atoms with E-state index in [-0.39, 0.29) is 55.1 Å². The number of carbonyl (C=O) groups excluding carboxylic acids is 5. The van der Waals surface area contributed by atoms with Gasteiger partial charge in [0.15, 0.2) is 0 Å². The highest BCUT2D eigenvalue weighted by molar-refractivity contribution is 8.04. The van der Waals surface area contributed by atoms with Crippen LogP contribution in [-0.2, 0) is 24.0 Å². The lowest BCUT2D eigenvalue weighted by molar-refractivity contribution is -0.123. The number of nitrogens with one attached hydrogen (secondary N) is 1. The Kier molecular flexibility index (Phi) is 19.9. The largest absolute Gasteiger partial charge is 0.319 e. The molecule has 0 amide bonds. The van der Waals surface area contributed by atoms with E-state index in [1.165, 1.54) is 33.6 Å². The molecule has 0 aromatic heterocycles. The molecular formula is C29H52N4O5S2. The molecule has 1 N–H and O–H groups in total. The summed E-state index contributed by atoms with van der Waals surface area (Å²) in [7, 11) is 1.98. The van der Waals surface area contributed by atoms with Crippen molar-refractivity contribution in [2.45, 2.75) is 70.3 Å². The van der Waals surface area contributed by atoms with E-state index in [0.29, 0.717) is 50.8 Å². The zero-order valence-corrected chi connectivity index (χ0v) is 27.0. The van der Waals surface area contributed by atoms with Crippen molar-refractivity contribution in [1.29, 1.82) is 0 Å². The number of ketones is 5. The number of hydrogen-bond acceptors (Lipinski definition) is 11. The summed E-state index contributed by atoms with van der Waals surface area (Å²) < 4.78 is 0. The van der Waals surface area contributed by atoms with Gasteiger partial charge in [-0.3, -0.25) is 33.8 Å². The van der Waals surface area contributed by atoms with Crippen LogP contribution in [0, 0.1) is 0 Å². The molecule has 40 heavy (non-hydrogen) atoms. The molecule has 9 nitrogen and oxygen atoms in total. The van der Waals surface area contributed by atoms with E-state index in [2.05, 4.69) is 22.0 Å². The molecule has 1 aliphatic rings. The van der Waals surface area contributed by atoms with Crippen LogP contribution < -0.4 is 5.32 Å². The molecule has 0 aliphatic heterocycles. The lowest BCUT2D eigenvalue weighted by atomic mass is 9.99. The van der Waals surface area contributed by atoms with Crippen molar-refractivity contribution in [2.24, 2.45) is 0 Å². The van der Waals surface area contributed by atoms with Gasteiger partial charge in [0.1, 0.15) is 28.9 Å². The van der Waals surface area contributed by atoms with Gasteiger partial charge in [-0.2, -0.15) is 23.5 Å². The molecule has 1 fully saturated rings. The first-order valence-electron chi connectivity index (χ1n) is 14.5. The quantitative estimate of drug-likeness (QED) is 0.148. The fraction of sp³-hybridized carbons (Fsp3) is 0.828. The molecule has 0 aromatic rings. The van der Waals surface area contributed by atoms with Gasteiger partial charge in [-0.05, 0) is 59.8 Å². The molecular weight excluding hydrogens is 548 g/mol. The molecule has 230 valence electrons. The van der Waals surface area contributed by atoms with E-state index in [1.807, 2.05) is 28.6 Å². The van der Waals surface area contributed by atoms with Gasteiger partial charge in [0, 0.05) is 68.4 Å². The fourth-order valence-corrected chi connectivity index (χ4v) is 7.57. The Bertz CT molecular complexity index is 797. The maximum atomic E-state index is 12.8. The molecule has 0 bridgehead atoms. The second-order valence-electron chi connectivity index (χ2n) is 11.0. The molecule has 0 aromatic carbocycles. The van der Waals surface area contributed by atoms with E-state index in [9.17, 15) is 24.0 Å². The number of nitrogens with zero attached hydrogens (tertiary/aromatic N) is 3. The molecule has 2 atom stereocenters. The molecule has 0 heterocycles. The van der Waals surface area contributed by atoms with Crippen LogP contribution in [0.5, 0.6) is 0 Å². The normalized spacial score (nSPS) is 16.9. The summed E-state index contributed by atoms with van der Waals surface area (Å²) in [4.78, 5) is 65.5. The average molecular weight is 601 g/mol. The zero-order valence-electron chi connectivity index (χ0n) is 25.4. The molecule has 0 spiro atoms. The van der Waals surface area contributed by atoms with Crippen molar-refractivity contribution in [3.8, 4) is 0 Å². The summed E-state index contributed by atoms with van der Waals surface area (Å²) in [5, 5.41) is 4.64. The zero-order chi connectivity index (χ0) is 29.9. The Morgan fingerprint density at radius 1 is 0.625 bits per heavy atom. The van der Waals surface area contributed by atoms with Crippen LogP contribution in [-0.4, -0.2) is 138 Å². The topological polar surface area (TPSA) is 107 Å². The van der Waals surface area contributed by atoms with Gasteiger partial charge >= 0.3 is 0 Å². The second kappa shape index (κ2) is 21.6. The Labute approximate surface area is 250 Å². The molecule has 2 unspecified atom stereocenters. The van der Waals surface area contributed by atoms with Gasteiger partial charge in [0.25, 0.3) is 0 Å². The third-order valence-corrected chi connectivity index (χ3v) is 9.87. The van der Waals surface area contributed by atoms with Gasteiger partial charge < -0.3 is 10.2 Å². The molecule has 1 saturated carbocycles. The van der Waals surface area contributed by atoms with Crippen molar-refractivity contribution < 1.29 is 24.0 Å². The number of hydrogen-bond donors (Lipinski definition) is 1. The summed E-state index contributed by atoms with van der Waals surface area (Å²) in [5.41, 5.74) is 0. The van der Waals surface area contributed by atoms with E-state index in [0.717, 1.165) is 29.7 Å². The van der Waals surface area contributed by atoms with Crippen molar-refractivity contribution in [2.75, 3.05) is 84.0 Å². The standard InChI is InChI=1S/C29H52N4O5S2/c1-23(34)10-12-31(13-15-32(19-24(2)35)20-25(3)36)14-16-33(21-26(4)37)22-27(38)7-6-17-39-28-8-9-29(28)40-18-11-30-5/h28-30H,6-22H2,1-5H3. The first-order chi connectivity index (χ1) is 19.0. The van der Waals surface area contributed by atoms with Crippen LogP contribution >= 0.6 is 23.5 Å². The van der Waals surface area contributed by atoms with Crippen LogP contribution in [0.2, 0.25) is 0 Å². The third kappa shape index (κ3) is 18.3. The van der Waals surface area contributed by atoms with Crippen LogP contribution in [0.1, 0.15) is 59.8 Å². The van der Waals surface area contributed by atoms with Crippen LogP contribution in [0.4, 0.5) is 0 Å². The highest BCUT2D eigenvalue weighted by atomic mass is 32.2. The van der Waals surface area contributed by atoms with Gasteiger partial charge in [0.2, 0.25) is 0 Å². The van der Waals surface area contributed by atoms with E-state index in [1.54, 1.807) is 6.92 Å². The number of thioether (sulfide) groups is 2. The Morgan fingerprint density at radius 2 is 1.10 bits per heavy atom. The smallest absolute Gasteiger partial charge is 0.146 e. The Morgan fingerprint density at radius 3 is 1.55 bits per heavy atom. The summed E-state index contributed by atoms with van der Waals surface area (Å²) in [6.07, 6.45) is 4.33. The Balaban J connectivity index is 2.54. The average Bonchev–Trinajstić information content (AvgIpc) is 2.83. The van der Waals surface area contributed by atoms with Crippen LogP contribution in [0.25, 0.3) is 0 Å². The molecule has 1 rings (SSSR count). The minimum absolute atomic E-state index is 0.00278. The first-order valence-corrected chi connectivity index (χ1v) is 16.6. The maximum absolute atomic E-state index is 12.8. The summed E-state index contributed by atoms with van der Waals surface area (Å²) >= 11 is 4.05. The van der Waals surface area contributed by atoms with Crippen molar-refractivity contribution in [3.05, 3.63) is 0 Å². The summed E-state index contributed by atoms with van der Waals surface area (Å²) in [6.45, 7) is 10.8.